The van der Waals surface area contributed by atoms with Crippen LogP contribution < -0.4 is 10.2 Å². The number of hydrogen-bond donors (Lipinski definition) is 1. The van der Waals surface area contributed by atoms with E-state index in [9.17, 15) is 4.79 Å². The third-order valence-electron chi connectivity index (χ3n) is 5.20. The Morgan fingerprint density at radius 2 is 1.93 bits per heavy atom. The Kier molecular flexibility index (Phi) is 4.95. The van der Waals surface area contributed by atoms with Crippen molar-refractivity contribution in [3.8, 4) is 0 Å². The lowest BCUT2D eigenvalue weighted by Gasteiger charge is -2.35. The Labute approximate surface area is 164 Å². The molecule has 3 aromatic rings. The molecule has 28 heavy (non-hydrogen) atoms. The van der Waals surface area contributed by atoms with E-state index in [0.717, 1.165) is 54.3 Å². The zero-order valence-electron chi connectivity index (χ0n) is 16.5. The van der Waals surface area contributed by atoms with Gasteiger partial charge in [0.1, 0.15) is 12.1 Å². The highest BCUT2D eigenvalue weighted by atomic mass is 16.2. The van der Waals surface area contributed by atoms with Crippen LogP contribution >= 0.6 is 0 Å². The average Bonchev–Trinajstić information content (AvgIpc) is 3.06. The van der Waals surface area contributed by atoms with Gasteiger partial charge in [0.05, 0.1) is 18.1 Å². The molecule has 8 nitrogen and oxygen atoms in total. The molecule has 4 rings (SSSR count). The quantitative estimate of drug-likeness (QED) is 0.744. The molecule has 0 aliphatic carbocycles. The van der Waals surface area contributed by atoms with Gasteiger partial charge in [-0.1, -0.05) is 17.7 Å². The lowest BCUT2D eigenvalue weighted by molar-refractivity contribution is -0.117. The van der Waals surface area contributed by atoms with Gasteiger partial charge >= 0.3 is 0 Å². The second kappa shape index (κ2) is 7.55. The summed E-state index contributed by atoms with van der Waals surface area (Å²) in [5.74, 6) is 0.939. The highest BCUT2D eigenvalue weighted by Crippen LogP contribution is 2.23. The molecule has 0 unspecified atom stereocenters. The van der Waals surface area contributed by atoms with Crippen molar-refractivity contribution in [2.24, 2.45) is 7.05 Å². The number of hydrogen-bond acceptors (Lipinski definition) is 6. The van der Waals surface area contributed by atoms with E-state index in [0.29, 0.717) is 6.54 Å². The number of aromatic nitrogens is 4. The molecule has 1 saturated heterocycles. The van der Waals surface area contributed by atoms with E-state index in [1.54, 1.807) is 11.0 Å². The minimum Gasteiger partial charge on any atom is -0.353 e. The molecule has 3 heterocycles. The summed E-state index contributed by atoms with van der Waals surface area (Å²) >= 11 is 0. The number of rotatable bonds is 4. The van der Waals surface area contributed by atoms with Crippen molar-refractivity contribution < 1.29 is 4.79 Å². The molecule has 0 saturated carbocycles. The number of carbonyl (C=O) groups excluding carboxylic acids is 1. The third kappa shape index (κ3) is 3.68. The van der Waals surface area contributed by atoms with Crippen molar-refractivity contribution >= 4 is 28.4 Å². The number of benzene rings is 1. The Bertz CT molecular complexity index is 1000. The van der Waals surface area contributed by atoms with Crippen LogP contribution in [0.15, 0.2) is 30.7 Å². The molecule has 146 valence electrons. The lowest BCUT2D eigenvalue weighted by atomic mass is 10.1. The largest absolute Gasteiger partial charge is 0.353 e. The molecular formula is C20H25N7O. The van der Waals surface area contributed by atoms with E-state index in [1.807, 2.05) is 32.3 Å². The van der Waals surface area contributed by atoms with Crippen LogP contribution in [0.2, 0.25) is 0 Å². The van der Waals surface area contributed by atoms with Gasteiger partial charge in [-0.3, -0.25) is 14.4 Å². The second-order valence-electron chi connectivity index (χ2n) is 7.33. The number of fused-ring (bicyclic) bond motifs is 1. The highest BCUT2D eigenvalue weighted by molar-refractivity contribution is 5.93. The first-order chi connectivity index (χ1) is 13.5. The molecule has 1 fully saturated rings. The monoisotopic (exact) mass is 379 g/mol. The molecular weight excluding hydrogens is 354 g/mol. The normalized spacial score (nSPS) is 15.2. The molecule has 8 heteroatoms. The van der Waals surface area contributed by atoms with Crippen molar-refractivity contribution in [1.29, 1.82) is 0 Å². The first-order valence-corrected chi connectivity index (χ1v) is 9.48. The first kappa shape index (κ1) is 18.4. The fourth-order valence-corrected chi connectivity index (χ4v) is 3.67. The van der Waals surface area contributed by atoms with Crippen LogP contribution in [-0.4, -0.2) is 63.3 Å². The lowest BCUT2D eigenvalue weighted by Crippen LogP contribution is -2.49. The maximum atomic E-state index is 12.4. The van der Waals surface area contributed by atoms with Crippen molar-refractivity contribution in [3.05, 3.63) is 41.9 Å². The van der Waals surface area contributed by atoms with Gasteiger partial charge in [0, 0.05) is 38.9 Å². The van der Waals surface area contributed by atoms with E-state index in [1.165, 1.54) is 5.56 Å². The third-order valence-corrected chi connectivity index (χ3v) is 5.20. The summed E-state index contributed by atoms with van der Waals surface area (Å²) in [6, 6.07) is 6.06. The van der Waals surface area contributed by atoms with Gasteiger partial charge in [-0.05, 0) is 25.5 Å². The van der Waals surface area contributed by atoms with Crippen LogP contribution in [0.3, 0.4) is 0 Å². The van der Waals surface area contributed by atoms with Crippen LogP contribution in [0.1, 0.15) is 11.1 Å². The number of nitrogens with one attached hydrogen (secondary N) is 1. The van der Waals surface area contributed by atoms with E-state index >= 15 is 0 Å². The SMILES string of the molecule is Cc1ccc(NC(=O)CN2CCN(c3ncnc4c3cnn4C)CC2)c(C)c1. The smallest absolute Gasteiger partial charge is 0.238 e. The van der Waals surface area contributed by atoms with Gasteiger partial charge in [-0.15, -0.1) is 0 Å². The van der Waals surface area contributed by atoms with Crippen LogP contribution in [-0.2, 0) is 11.8 Å². The Morgan fingerprint density at radius 3 is 2.68 bits per heavy atom. The van der Waals surface area contributed by atoms with Crippen LogP contribution in [0.4, 0.5) is 11.5 Å². The number of amides is 1. The predicted octanol–water partition coefficient (Wildman–Crippen LogP) is 1.74. The first-order valence-electron chi connectivity index (χ1n) is 9.48. The fraction of sp³-hybridized carbons (Fsp3) is 0.400. The number of anilines is 2. The average molecular weight is 379 g/mol. The Balaban J connectivity index is 1.35. The van der Waals surface area contributed by atoms with Gasteiger partial charge in [0.2, 0.25) is 5.91 Å². The predicted molar refractivity (Wildman–Crippen MR) is 110 cm³/mol. The molecule has 1 amide bonds. The molecule has 1 aliphatic rings. The summed E-state index contributed by atoms with van der Waals surface area (Å²) in [4.78, 5) is 25.6. The number of piperazine rings is 1. The Morgan fingerprint density at radius 1 is 1.14 bits per heavy atom. The summed E-state index contributed by atoms with van der Waals surface area (Å²) in [7, 11) is 1.88. The summed E-state index contributed by atoms with van der Waals surface area (Å²) in [5.41, 5.74) is 4.00. The highest BCUT2D eigenvalue weighted by Gasteiger charge is 2.22. The van der Waals surface area contributed by atoms with Crippen molar-refractivity contribution in [2.75, 3.05) is 42.9 Å². The topological polar surface area (TPSA) is 79.2 Å². The van der Waals surface area contributed by atoms with E-state index < -0.39 is 0 Å². The number of aryl methyl sites for hydroxylation is 3. The number of nitrogens with zero attached hydrogens (tertiary/aromatic N) is 6. The van der Waals surface area contributed by atoms with E-state index in [-0.39, 0.29) is 5.91 Å². The van der Waals surface area contributed by atoms with Gasteiger partial charge in [0.15, 0.2) is 5.65 Å². The summed E-state index contributed by atoms with van der Waals surface area (Å²) < 4.78 is 1.76. The van der Waals surface area contributed by atoms with Crippen LogP contribution in [0.25, 0.3) is 11.0 Å². The van der Waals surface area contributed by atoms with Gasteiger partial charge in [-0.25, -0.2) is 9.97 Å². The van der Waals surface area contributed by atoms with Gasteiger partial charge < -0.3 is 10.2 Å². The summed E-state index contributed by atoms with van der Waals surface area (Å²) in [6.07, 6.45) is 3.40. The van der Waals surface area contributed by atoms with Crippen LogP contribution in [0, 0.1) is 13.8 Å². The fourth-order valence-electron chi connectivity index (χ4n) is 3.67. The Hall–Kier alpha value is -3.00. The van der Waals surface area contributed by atoms with Gasteiger partial charge in [-0.2, -0.15) is 5.10 Å². The minimum absolute atomic E-state index is 0.0251. The minimum atomic E-state index is 0.0251. The standard InChI is InChI=1S/C20H25N7O/c1-14-4-5-17(15(2)10-14)24-18(28)12-26-6-8-27(9-7-26)20-16-11-23-25(3)19(16)21-13-22-20/h4-5,10-11,13H,6-9,12H2,1-3H3,(H,24,28). The summed E-state index contributed by atoms with van der Waals surface area (Å²) in [5, 5.41) is 8.27. The molecule has 0 radical (unpaired) electrons. The zero-order valence-corrected chi connectivity index (χ0v) is 16.5. The molecule has 0 atom stereocenters. The number of carbonyl (C=O) groups is 1. The van der Waals surface area contributed by atoms with Gasteiger partial charge in [0.25, 0.3) is 0 Å². The van der Waals surface area contributed by atoms with Crippen molar-refractivity contribution in [3.63, 3.8) is 0 Å². The molecule has 1 N–H and O–H groups in total. The van der Waals surface area contributed by atoms with Crippen molar-refractivity contribution in [1.82, 2.24) is 24.6 Å². The summed E-state index contributed by atoms with van der Waals surface area (Å²) in [6.45, 7) is 7.72. The maximum Gasteiger partial charge on any atom is 0.238 e. The van der Waals surface area contributed by atoms with E-state index in [4.69, 9.17) is 0 Å². The molecule has 0 spiro atoms. The zero-order chi connectivity index (χ0) is 19.7. The van der Waals surface area contributed by atoms with E-state index in [2.05, 4.69) is 43.2 Å². The molecule has 0 bridgehead atoms. The maximum absolute atomic E-state index is 12.4. The van der Waals surface area contributed by atoms with Crippen molar-refractivity contribution in [2.45, 2.75) is 13.8 Å². The van der Waals surface area contributed by atoms with Crippen LogP contribution in [0.5, 0.6) is 0 Å². The molecule has 1 aliphatic heterocycles. The molecule has 1 aromatic carbocycles. The molecule has 2 aromatic heterocycles. The second-order valence-corrected chi connectivity index (χ2v) is 7.33.